The largest absolute Gasteiger partial charge is 0.478 e. The number of hydrogen-bond donors (Lipinski definition) is 2. The van der Waals surface area contributed by atoms with Gasteiger partial charge in [0.05, 0.1) is 11.8 Å². The van der Waals surface area contributed by atoms with Gasteiger partial charge in [0.25, 0.3) is 0 Å². The zero-order valence-electron chi connectivity index (χ0n) is 6.77. The van der Waals surface area contributed by atoms with Crippen LogP contribution in [-0.4, -0.2) is 43.8 Å². The van der Waals surface area contributed by atoms with E-state index in [1.54, 1.807) is 4.90 Å². The maximum absolute atomic E-state index is 10.9. The zero-order chi connectivity index (χ0) is 9.64. The molecule has 1 amide bonds. The van der Waals surface area contributed by atoms with Crippen LogP contribution in [0.15, 0.2) is 0 Å². The molecule has 2 aliphatic rings. The standard InChI is InChI=1S/C7H9NO4S/c9-4-3-5-8(4)2-1-7(12,13-5)6(10)11/h5,12H,1-3H2,(H,10,11)/t5-,7?/m1/s1. The molecule has 13 heavy (non-hydrogen) atoms. The number of fused-ring (bicyclic) bond motifs is 1. The number of carbonyl (C=O) groups excluding carboxylic acids is 1. The van der Waals surface area contributed by atoms with Crippen molar-refractivity contribution in [3.63, 3.8) is 0 Å². The van der Waals surface area contributed by atoms with Gasteiger partial charge in [0, 0.05) is 13.0 Å². The van der Waals surface area contributed by atoms with Crippen molar-refractivity contribution in [1.82, 2.24) is 4.90 Å². The molecule has 6 heteroatoms. The summed E-state index contributed by atoms with van der Waals surface area (Å²) in [6.07, 6.45) is 0.454. The third kappa shape index (κ3) is 1.21. The summed E-state index contributed by atoms with van der Waals surface area (Å²) in [5.41, 5.74) is 0. The second-order valence-corrected chi connectivity index (χ2v) is 4.66. The summed E-state index contributed by atoms with van der Waals surface area (Å²) in [6.45, 7) is 0.347. The molecule has 0 bridgehead atoms. The lowest BCUT2D eigenvalue weighted by Crippen LogP contribution is -2.59. The van der Waals surface area contributed by atoms with E-state index in [9.17, 15) is 14.7 Å². The number of amides is 1. The van der Waals surface area contributed by atoms with E-state index in [-0.39, 0.29) is 17.7 Å². The van der Waals surface area contributed by atoms with Gasteiger partial charge in [-0.2, -0.15) is 0 Å². The Hall–Kier alpha value is -0.750. The van der Waals surface area contributed by atoms with Crippen LogP contribution in [0.5, 0.6) is 0 Å². The molecule has 2 N–H and O–H groups in total. The fourth-order valence-corrected chi connectivity index (χ4v) is 2.85. The molecule has 2 rings (SSSR count). The molecule has 1 unspecified atom stereocenters. The molecule has 0 aliphatic carbocycles. The Labute approximate surface area is 78.7 Å². The molecule has 2 aliphatic heterocycles. The van der Waals surface area contributed by atoms with Crippen LogP contribution < -0.4 is 0 Å². The maximum atomic E-state index is 10.9. The summed E-state index contributed by atoms with van der Waals surface area (Å²) < 4.78 is 0. The van der Waals surface area contributed by atoms with Crippen LogP contribution in [-0.2, 0) is 9.59 Å². The minimum atomic E-state index is -1.69. The average molecular weight is 203 g/mol. The number of aliphatic hydroxyl groups is 1. The second kappa shape index (κ2) is 2.62. The van der Waals surface area contributed by atoms with Crippen LogP contribution in [0.1, 0.15) is 12.8 Å². The van der Waals surface area contributed by atoms with E-state index in [1.807, 2.05) is 0 Å². The molecule has 2 fully saturated rings. The van der Waals surface area contributed by atoms with Gasteiger partial charge >= 0.3 is 5.97 Å². The van der Waals surface area contributed by atoms with Crippen molar-refractivity contribution >= 4 is 23.6 Å². The highest BCUT2D eigenvalue weighted by Crippen LogP contribution is 2.43. The van der Waals surface area contributed by atoms with Gasteiger partial charge in [-0.15, -0.1) is 0 Å². The van der Waals surface area contributed by atoms with Crippen LogP contribution in [0.2, 0.25) is 0 Å². The Morgan fingerprint density at radius 2 is 2.38 bits per heavy atom. The van der Waals surface area contributed by atoms with Gasteiger partial charge in [-0.25, -0.2) is 4.79 Å². The van der Waals surface area contributed by atoms with Crippen molar-refractivity contribution in [2.24, 2.45) is 0 Å². The van der Waals surface area contributed by atoms with E-state index in [4.69, 9.17) is 5.11 Å². The first-order chi connectivity index (χ1) is 6.03. The number of nitrogens with zero attached hydrogens (tertiary/aromatic N) is 1. The number of hydrogen-bond acceptors (Lipinski definition) is 4. The number of aliphatic carboxylic acids is 1. The highest BCUT2D eigenvalue weighted by Gasteiger charge is 2.51. The summed E-state index contributed by atoms with van der Waals surface area (Å²) in [4.78, 5) is 21.5. The lowest BCUT2D eigenvalue weighted by Gasteiger charge is -2.47. The van der Waals surface area contributed by atoms with Crippen molar-refractivity contribution in [3.05, 3.63) is 0 Å². The van der Waals surface area contributed by atoms with Crippen LogP contribution in [0.25, 0.3) is 0 Å². The smallest absolute Gasteiger partial charge is 0.346 e. The number of rotatable bonds is 1. The number of carbonyl (C=O) groups is 2. The highest BCUT2D eigenvalue weighted by atomic mass is 32.2. The summed E-state index contributed by atoms with van der Waals surface area (Å²) in [7, 11) is 0. The van der Waals surface area contributed by atoms with Gasteiger partial charge in [0.2, 0.25) is 10.8 Å². The predicted octanol–water partition coefficient (Wildman–Crippen LogP) is -0.545. The van der Waals surface area contributed by atoms with Gasteiger partial charge < -0.3 is 15.1 Å². The van der Waals surface area contributed by atoms with Crippen molar-refractivity contribution in [2.45, 2.75) is 23.1 Å². The molecule has 0 aromatic rings. The molecule has 2 saturated heterocycles. The van der Waals surface area contributed by atoms with Crippen molar-refractivity contribution in [2.75, 3.05) is 6.54 Å². The number of carboxylic acids is 1. The average Bonchev–Trinajstić information content (AvgIpc) is 2.02. The van der Waals surface area contributed by atoms with Gasteiger partial charge in [0.1, 0.15) is 0 Å². The van der Waals surface area contributed by atoms with Crippen LogP contribution in [0, 0.1) is 0 Å². The Morgan fingerprint density at radius 3 is 2.85 bits per heavy atom. The van der Waals surface area contributed by atoms with Gasteiger partial charge in [-0.1, -0.05) is 11.8 Å². The summed E-state index contributed by atoms with van der Waals surface area (Å²) in [5, 5.41) is 18.2. The first kappa shape index (κ1) is 8.83. The Balaban J connectivity index is 2.08. The summed E-state index contributed by atoms with van der Waals surface area (Å²) >= 11 is 0.957. The molecule has 0 aromatic carbocycles. The number of β-lactam (4-membered cyclic amide) rings is 1. The number of thioether (sulfide) groups is 1. The van der Waals surface area contributed by atoms with E-state index < -0.39 is 10.9 Å². The molecular formula is C7H9NO4S. The molecule has 0 radical (unpaired) electrons. The third-order valence-corrected chi connectivity index (χ3v) is 3.84. The fraction of sp³-hybridized carbons (Fsp3) is 0.714. The monoisotopic (exact) mass is 203 g/mol. The Morgan fingerprint density at radius 1 is 1.69 bits per heavy atom. The zero-order valence-corrected chi connectivity index (χ0v) is 7.58. The van der Waals surface area contributed by atoms with E-state index >= 15 is 0 Å². The quantitative estimate of drug-likeness (QED) is 0.559. The molecule has 2 atom stereocenters. The molecule has 0 spiro atoms. The van der Waals surface area contributed by atoms with Gasteiger partial charge in [-0.05, 0) is 0 Å². The van der Waals surface area contributed by atoms with Gasteiger partial charge in [0.15, 0.2) is 0 Å². The Bertz CT molecular complexity index is 282. The lowest BCUT2D eigenvalue weighted by molar-refractivity contribution is -0.154. The molecule has 0 saturated carbocycles. The highest BCUT2D eigenvalue weighted by molar-refractivity contribution is 8.01. The van der Waals surface area contributed by atoms with E-state index in [2.05, 4.69) is 0 Å². The Kier molecular flexibility index (Phi) is 1.78. The first-order valence-corrected chi connectivity index (χ1v) is 4.84. The van der Waals surface area contributed by atoms with E-state index in [0.717, 1.165) is 11.8 Å². The molecule has 2 heterocycles. The van der Waals surface area contributed by atoms with E-state index in [1.165, 1.54) is 0 Å². The maximum Gasteiger partial charge on any atom is 0.346 e. The normalized spacial score (nSPS) is 38.1. The van der Waals surface area contributed by atoms with Crippen LogP contribution >= 0.6 is 11.8 Å². The predicted molar refractivity (Wildman–Crippen MR) is 44.9 cm³/mol. The third-order valence-electron chi connectivity index (χ3n) is 2.37. The first-order valence-electron chi connectivity index (χ1n) is 3.96. The van der Waals surface area contributed by atoms with Crippen LogP contribution in [0.3, 0.4) is 0 Å². The molecule has 72 valence electrons. The lowest BCUT2D eigenvalue weighted by atomic mass is 10.1. The minimum absolute atomic E-state index is 0.0462. The molecule has 0 aromatic heterocycles. The fourth-order valence-electron chi connectivity index (χ4n) is 1.51. The number of carboxylic acid groups (broad SMARTS) is 1. The van der Waals surface area contributed by atoms with E-state index in [0.29, 0.717) is 13.0 Å². The molecule has 5 nitrogen and oxygen atoms in total. The van der Waals surface area contributed by atoms with Crippen molar-refractivity contribution < 1.29 is 19.8 Å². The van der Waals surface area contributed by atoms with Crippen molar-refractivity contribution in [3.8, 4) is 0 Å². The topological polar surface area (TPSA) is 77.8 Å². The second-order valence-electron chi connectivity index (χ2n) is 3.20. The minimum Gasteiger partial charge on any atom is -0.478 e. The summed E-state index contributed by atoms with van der Waals surface area (Å²) in [5.74, 6) is -1.17. The van der Waals surface area contributed by atoms with Crippen LogP contribution in [0.4, 0.5) is 0 Å². The summed E-state index contributed by atoms with van der Waals surface area (Å²) in [6, 6.07) is 0. The molecular weight excluding hydrogens is 194 g/mol. The van der Waals surface area contributed by atoms with Crippen molar-refractivity contribution in [1.29, 1.82) is 0 Å². The van der Waals surface area contributed by atoms with Gasteiger partial charge in [-0.3, -0.25) is 4.79 Å². The SMILES string of the molecule is O=C1C[C@H]2SC(O)(C(=O)O)CCN12.